The second-order valence-corrected chi connectivity index (χ2v) is 6.46. The maximum atomic E-state index is 4.66. The molecule has 0 bridgehead atoms. The molecule has 2 heterocycles. The average molecular weight is 480 g/mol. The highest BCUT2D eigenvalue weighted by molar-refractivity contribution is 14.0. The third-order valence-corrected chi connectivity index (χ3v) is 4.35. The molecule has 0 atom stereocenters. The fourth-order valence-corrected chi connectivity index (χ4v) is 3.09. The van der Waals surface area contributed by atoms with Gasteiger partial charge in [0.25, 0.3) is 0 Å². The number of hydrogen-bond acceptors (Lipinski definition) is 2. The van der Waals surface area contributed by atoms with Crippen LogP contribution in [0.5, 0.6) is 0 Å². The Morgan fingerprint density at radius 1 is 1.19 bits per heavy atom. The topological polar surface area (TPSA) is 59.2 Å². The van der Waals surface area contributed by atoms with E-state index in [0.29, 0.717) is 6.54 Å². The zero-order valence-corrected chi connectivity index (χ0v) is 18.6. The molecule has 0 amide bonds. The SMILES string of the molecule is CCNC(=NCc1ccn(C)c1)NCCCn1c(C)nc2ccccc21.I. The van der Waals surface area contributed by atoms with Gasteiger partial charge < -0.3 is 19.8 Å². The van der Waals surface area contributed by atoms with Crippen LogP contribution in [0.3, 0.4) is 0 Å². The predicted molar refractivity (Wildman–Crippen MR) is 123 cm³/mol. The van der Waals surface area contributed by atoms with Gasteiger partial charge in [0.1, 0.15) is 5.82 Å². The number of rotatable bonds is 7. The van der Waals surface area contributed by atoms with E-state index in [9.17, 15) is 0 Å². The zero-order chi connectivity index (χ0) is 18.4. The number of imidazole rings is 1. The predicted octanol–water partition coefficient (Wildman–Crippen LogP) is 3.45. The molecule has 2 aromatic heterocycles. The Balaban J connectivity index is 0.00000261. The lowest BCUT2D eigenvalue weighted by molar-refractivity contribution is 0.624. The number of nitrogens with zero attached hydrogens (tertiary/aromatic N) is 4. The van der Waals surface area contributed by atoms with Gasteiger partial charge in [-0.25, -0.2) is 9.98 Å². The van der Waals surface area contributed by atoms with Gasteiger partial charge in [-0.1, -0.05) is 12.1 Å². The summed E-state index contributed by atoms with van der Waals surface area (Å²) in [5, 5.41) is 6.73. The Labute approximate surface area is 178 Å². The van der Waals surface area contributed by atoms with Crippen molar-refractivity contribution >= 4 is 41.0 Å². The van der Waals surface area contributed by atoms with Crippen molar-refractivity contribution in [2.45, 2.75) is 33.4 Å². The van der Waals surface area contributed by atoms with Crippen LogP contribution in [-0.2, 0) is 20.1 Å². The van der Waals surface area contributed by atoms with Crippen molar-refractivity contribution in [3.05, 3.63) is 54.1 Å². The molecule has 0 radical (unpaired) electrons. The van der Waals surface area contributed by atoms with Crippen LogP contribution >= 0.6 is 24.0 Å². The molecular formula is C20H29IN6. The quantitative estimate of drug-likeness (QED) is 0.236. The molecular weight excluding hydrogens is 451 g/mol. The highest BCUT2D eigenvalue weighted by Crippen LogP contribution is 2.15. The third-order valence-electron chi connectivity index (χ3n) is 4.35. The van der Waals surface area contributed by atoms with E-state index in [0.717, 1.165) is 43.4 Å². The van der Waals surface area contributed by atoms with Crippen LogP contribution < -0.4 is 10.6 Å². The Kier molecular flexibility index (Phi) is 8.15. The van der Waals surface area contributed by atoms with Crippen LogP contribution in [-0.4, -0.2) is 33.2 Å². The van der Waals surface area contributed by atoms with Crippen LogP contribution in [0.4, 0.5) is 0 Å². The summed E-state index contributed by atoms with van der Waals surface area (Å²) in [6, 6.07) is 10.4. The number of guanidine groups is 1. The lowest BCUT2D eigenvalue weighted by Gasteiger charge is -2.12. The highest BCUT2D eigenvalue weighted by Gasteiger charge is 2.06. The van der Waals surface area contributed by atoms with E-state index in [1.807, 2.05) is 23.9 Å². The van der Waals surface area contributed by atoms with Crippen molar-refractivity contribution in [2.24, 2.45) is 12.0 Å². The maximum Gasteiger partial charge on any atom is 0.191 e. The van der Waals surface area contributed by atoms with Gasteiger partial charge in [0.2, 0.25) is 0 Å². The minimum absolute atomic E-state index is 0. The number of halogens is 1. The summed E-state index contributed by atoms with van der Waals surface area (Å²) in [4.78, 5) is 9.29. The van der Waals surface area contributed by atoms with Gasteiger partial charge in [-0.15, -0.1) is 24.0 Å². The summed E-state index contributed by atoms with van der Waals surface area (Å²) in [5.74, 6) is 1.93. The first kappa shape index (κ1) is 21.3. The first-order chi connectivity index (χ1) is 12.7. The Hall–Kier alpha value is -2.03. The standard InChI is InChI=1S/C20H28N6.HI/c1-4-21-20(23-14-17-10-13-25(3)15-17)22-11-7-12-26-16(2)24-18-8-5-6-9-19(18)26;/h5-6,8-10,13,15H,4,7,11-12,14H2,1-3H3,(H2,21,22,23);1H. The molecule has 0 aliphatic carbocycles. The number of benzene rings is 1. The second kappa shape index (κ2) is 10.3. The lowest BCUT2D eigenvalue weighted by Crippen LogP contribution is -2.38. The van der Waals surface area contributed by atoms with Crippen molar-refractivity contribution in [3.63, 3.8) is 0 Å². The van der Waals surface area contributed by atoms with Crippen molar-refractivity contribution in [3.8, 4) is 0 Å². The van der Waals surface area contributed by atoms with Crippen LogP contribution in [0.1, 0.15) is 24.7 Å². The lowest BCUT2D eigenvalue weighted by atomic mass is 10.3. The largest absolute Gasteiger partial charge is 0.357 e. The maximum absolute atomic E-state index is 4.66. The van der Waals surface area contributed by atoms with E-state index in [1.165, 1.54) is 11.1 Å². The number of nitrogens with one attached hydrogen (secondary N) is 2. The molecule has 1 aromatic carbocycles. The van der Waals surface area contributed by atoms with Crippen LogP contribution in [0.15, 0.2) is 47.7 Å². The van der Waals surface area contributed by atoms with Crippen LogP contribution in [0.2, 0.25) is 0 Å². The number of para-hydroxylation sites is 2. The fourth-order valence-electron chi connectivity index (χ4n) is 3.09. The van der Waals surface area contributed by atoms with E-state index in [4.69, 9.17) is 0 Å². The van der Waals surface area contributed by atoms with Crippen molar-refractivity contribution in [1.29, 1.82) is 0 Å². The summed E-state index contributed by atoms with van der Waals surface area (Å²) in [5.41, 5.74) is 3.48. The number of aliphatic imine (C=N–C) groups is 1. The molecule has 3 rings (SSSR count). The molecule has 2 N–H and O–H groups in total. The van der Waals surface area contributed by atoms with Crippen molar-refractivity contribution in [1.82, 2.24) is 24.8 Å². The van der Waals surface area contributed by atoms with Gasteiger partial charge in [-0.05, 0) is 44.0 Å². The summed E-state index contributed by atoms with van der Waals surface area (Å²) in [6.45, 7) is 7.50. The average Bonchev–Trinajstić information content (AvgIpc) is 3.19. The van der Waals surface area contributed by atoms with E-state index < -0.39 is 0 Å². The molecule has 0 saturated carbocycles. The summed E-state index contributed by atoms with van der Waals surface area (Å²) >= 11 is 0. The molecule has 7 heteroatoms. The summed E-state index contributed by atoms with van der Waals surface area (Å²) in [6.07, 6.45) is 5.15. The normalized spacial score (nSPS) is 11.4. The Morgan fingerprint density at radius 3 is 2.74 bits per heavy atom. The van der Waals surface area contributed by atoms with Gasteiger partial charge in [0, 0.05) is 39.1 Å². The number of aryl methyl sites for hydroxylation is 3. The van der Waals surface area contributed by atoms with E-state index in [2.05, 4.69) is 69.5 Å². The van der Waals surface area contributed by atoms with E-state index in [1.54, 1.807) is 0 Å². The second-order valence-electron chi connectivity index (χ2n) is 6.46. The molecule has 0 fully saturated rings. The Bertz CT molecular complexity index is 880. The minimum Gasteiger partial charge on any atom is -0.357 e. The fraction of sp³-hybridized carbons (Fsp3) is 0.400. The van der Waals surface area contributed by atoms with Crippen LogP contribution in [0, 0.1) is 6.92 Å². The first-order valence-corrected chi connectivity index (χ1v) is 9.22. The molecule has 0 spiro atoms. The summed E-state index contributed by atoms with van der Waals surface area (Å²) in [7, 11) is 2.03. The van der Waals surface area contributed by atoms with Gasteiger partial charge >= 0.3 is 0 Å². The minimum atomic E-state index is 0. The molecule has 146 valence electrons. The van der Waals surface area contributed by atoms with Crippen LogP contribution in [0.25, 0.3) is 11.0 Å². The van der Waals surface area contributed by atoms with Crippen molar-refractivity contribution < 1.29 is 0 Å². The van der Waals surface area contributed by atoms with Gasteiger partial charge in [-0.3, -0.25) is 0 Å². The molecule has 0 aliphatic rings. The zero-order valence-electron chi connectivity index (χ0n) is 16.3. The number of aromatic nitrogens is 3. The molecule has 3 aromatic rings. The number of fused-ring (bicyclic) bond motifs is 1. The van der Waals surface area contributed by atoms with Gasteiger partial charge in [-0.2, -0.15) is 0 Å². The van der Waals surface area contributed by atoms with Gasteiger partial charge in [0.15, 0.2) is 5.96 Å². The molecule has 0 saturated heterocycles. The third kappa shape index (κ3) is 5.72. The van der Waals surface area contributed by atoms with Crippen molar-refractivity contribution in [2.75, 3.05) is 13.1 Å². The Morgan fingerprint density at radius 2 is 2.00 bits per heavy atom. The highest BCUT2D eigenvalue weighted by atomic mass is 127. The van der Waals surface area contributed by atoms with Gasteiger partial charge in [0.05, 0.1) is 17.6 Å². The van der Waals surface area contributed by atoms with E-state index >= 15 is 0 Å². The smallest absolute Gasteiger partial charge is 0.191 e. The molecule has 0 unspecified atom stereocenters. The monoisotopic (exact) mass is 480 g/mol. The first-order valence-electron chi connectivity index (χ1n) is 9.22. The molecule has 6 nitrogen and oxygen atoms in total. The summed E-state index contributed by atoms with van der Waals surface area (Å²) < 4.78 is 4.33. The van der Waals surface area contributed by atoms with E-state index in [-0.39, 0.29) is 24.0 Å². The number of hydrogen-bond donors (Lipinski definition) is 2. The molecule has 27 heavy (non-hydrogen) atoms. The molecule has 0 aliphatic heterocycles.